The number of H-pyrrole nitrogens is 1. The van der Waals surface area contributed by atoms with Gasteiger partial charge in [-0.1, -0.05) is 0 Å². The molecule has 0 amide bonds. The highest BCUT2D eigenvalue weighted by Gasteiger charge is 2.12. The zero-order valence-electron chi connectivity index (χ0n) is 8.15. The van der Waals surface area contributed by atoms with Gasteiger partial charge >= 0.3 is 5.97 Å². The number of ether oxygens (including phenoxy) is 1. The van der Waals surface area contributed by atoms with Gasteiger partial charge in [0.1, 0.15) is 11.4 Å². The average Bonchev–Trinajstić information content (AvgIpc) is 2.61. The fourth-order valence-corrected chi connectivity index (χ4v) is 1.56. The van der Waals surface area contributed by atoms with Crippen molar-refractivity contribution in [3.05, 3.63) is 24.0 Å². The molecule has 0 aliphatic rings. The lowest BCUT2D eigenvalue weighted by atomic mass is 10.1. The molecule has 2 N–H and O–H groups in total. The topological polar surface area (TPSA) is 75.2 Å². The van der Waals surface area contributed by atoms with Crippen LogP contribution in [0.5, 0.6) is 5.75 Å². The van der Waals surface area contributed by atoms with Crippen molar-refractivity contribution in [2.24, 2.45) is 0 Å². The van der Waals surface area contributed by atoms with Crippen LogP contribution in [-0.2, 0) is 11.2 Å². The third kappa shape index (κ3) is 1.63. The Bertz CT molecular complexity index is 504. The quantitative estimate of drug-likeness (QED) is 0.791. The van der Waals surface area contributed by atoms with Crippen LogP contribution in [0.1, 0.15) is 5.56 Å². The molecule has 2 heterocycles. The van der Waals surface area contributed by atoms with Crippen LogP contribution in [0.25, 0.3) is 11.0 Å². The van der Waals surface area contributed by atoms with Crippen LogP contribution in [0.2, 0.25) is 0 Å². The fourth-order valence-electron chi connectivity index (χ4n) is 1.56. The summed E-state index contributed by atoms with van der Waals surface area (Å²) in [5, 5.41) is 9.47. The van der Waals surface area contributed by atoms with E-state index in [0.717, 1.165) is 5.39 Å². The molecule has 0 aliphatic carbocycles. The van der Waals surface area contributed by atoms with Crippen molar-refractivity contribution < 1.29 is 14.6 Å². The maximum atomic E-state index is 10.6. The summed E-state index contributed by atoms with van der Waals surface area (Å²) in [6.45, 7) is 0. The standard InChI is InChI=1S/C10H10N2O3/c1-15-7-2-3-11-10-9(7)6(5-12-10)4-8(13)14/h2-3,5H,4H2,1H3,(H,11,12)(H,13,14). The maximum Gasteiger partial charge on any atom is 0.307 e. The Balaban J connectivity index is 2.60. The third-order valence-electron chi connectivity index (χ3n) is 2.18. The van der Waals surface area contributed by atoms with E-state index in [1.54, 1.807) is 25.6 Å². The Hall–Kier alpha value is -2.04. The number of nitrogens with zero attached hydrogens (tertiary/aromatic N) is 1. The molecule has 2 rings (SSSR count). The van der Waals surface area contributed by atoms with E-state index in [4.69, 9.17) is 9.84 Å². The second kappa shape index (κ2) is 3.61. The van der Waals surface area contributed by atoms with Gasteiger partial charge in [0.2, 0.25) is 0 Å². The van der Waals surface area contributed by atoms with Gasteiger partial charge in [0, 0.05) is 12.4 Å². The number of hydrogen-bond acceptors (Lipinski definition) is 3. The molecule has 2 aromatic rings. The van der Waals surface area contributed by atoms with Gasteiger partial charge in [-0.25, -0.2) is 4.98 Å². The summed E-state index contributed by atoms with van der Waals surface area (Å²) in [5.41, 5.74) is 1.33. The molecule has 0 radical (unpaired) electrons. The molecular formula is C10H10N2O3. The van der Waals surface area contributed by atoms with Gasteiger partial charge in [-0.2, -0.15) is 0 Å². The molecular weight excluding hydrogens is 196 g/mol. The number of aromatic amines is 1. The molecule has 2 aromatic heterocycles. The number of fused-ring (bicyclic) bond motifs is 1. The molecule has 0 fully saturated rings. The lowest BCUT2D eigenvalue weighted by Gasteiger charge is -2.02. The fraction of sp³-hybridized carbons (Fsp3) is 0.200. The van der Waals surface area contributed by atoms with Crippen LogP contribution in [-0.4, -0.2) is 28.2 Å². The highest BCUT2D eigenvalue weighted by Crippen LogP contribution is 2.27. The minimum atomic E-state index is -0.873. The summed E-state index contributed by atoms with van der Waals surface area (Å²) in [5.74, 6) is -0.237. The van der Waals surface area contributed by atoms with E-state index in [1.807, 2.05) is 0 Å². The van der Waals surface area contributed by atoms with Gasteiger partial charge in [-0.15, -0.1) is 0 Å². The average molecular weight is 206 g/mol. The lowest BCUT2D eigenvalue weighted by molar-refractivity contribution is -0.136. The largest absolute Gasteiger partial charge is 0.496 e. The third-order valence-corrected chi connectivity index (χ3v) is 2.18. The molecule has 0 atom stereocenters. The predicted molar refractivity (Wildman–Crippen MR) is 54.0 cm³/mol. The summed E-state index contributed by atoms with van der Waals surface area (Å²) in [6.07, 6.45) is 3.22. The Morgan fingerprint density at radius 3 is 3.13 bits per heavy atom. The molecule has 5 nitrogen and oxygen atoms in total. The van der Waals surface area contributed by atoms with Gasteiger partial charge in [0.25, 0.3) is 0 Å². The molecule has 0 saturated carbocycles. The normalized spacial score (nSPS) is 10.5. The SMILES string of the molecule is COc1ccnc2[nH]cc(CC(=O)O)c12. The number of pyridine rings is 1. The molecule has 0 spiro atoms. The van der Waals surface area contributed by atoms with E-state index in [9.17, 15) is 4.79 Å². The minimum Gasteiger partial charge on any atom is -0.496 e. The maximum absolute atomic E-state index is 10.6. The van der Waals surface area contributed by atoms with Gasteiger partial charge < -0.3 is 14.8 Å². The molecule has 0 unspecified atom stereocenters. The van der Waals surface area contributed by atoms with Crippen LogP contribution >= 0.6 is 0 Å². The van der Waals surface area contributed by atoms with E-state index in [1.165, 1.54) is 0 Å². The van der Waals surface area contributed by atoms with Crippen LogP contribution < -0.4 is 4.74 Å². The lowest BCUT2D eigenvalue weighted by Crippen LogP contribution is -1.99. The number of carbonyl (C=O) groups is 1. The molecule has 0 aliphatic heterocycles. The minimum absolute atomic E-state index is 0.0396. The van der Waals surface area contributed by atoms with Crippen molar-refractivity contribution in [3.63, 3.8) is 0 Å². The second-order valence-electron chi connectivity index (χ2n) is 3.12. The number of hydrogen-bond donors (Lipinski definition) is 2. The smallest absolute Gasteiger partial charge is 0.307 e. The molecule has 0 aromatic carbocycles. The summed E-state index contributed by atoms with van der Waals surface area (Å²) >= 11 is 0. The van der Waals surface area contributed by atoms with Gasteiger partial charge in [-0.05, 0) is 11.6 Å². The van der Waals surface area contributed by atoms with Gasteiger partial charge in [-0.3, -0.25) is 4.79 Å². The predicted octanol–water partition coefficient (Wildman–Crippen LogP) is 1.20. The van der Waals surface area contributed by atoms with Crippen molar-refractivity contribution in [1.82, 2.24) is 9.97 Å². The summed E-state index contributed by atoms with van der Waals surface area (Å²) in [4.78, 5) is 17.6. The molecule has 0 bridgehead atoms. The Morgan fingerprint density at radius 2 is 2.47 bits per heavy atom. The van der Waals surface area contributed by atoms with E-state index >= 15 is 0 Å². The van der Waals surface area contributed by atoms with Crippen LogP contribution in [0.4, 0.5) is 0 Å². The number of aromatic nitrogens is 2. The zero-order chi connectivity index (χ0) is 10.8. The number of aliphatic carboxylic acids is 1. The van der Waals surface area contributed by atoms with Gasteiger partial charge in [0.05, 0.1) is 18.9 Å². The summed E-state index contributed by atoms with van der Waals surface area (Å²) < 4.78 is 5.16. The highest BCUT2D eigenvalue weighted by atomic mass is 16.5. The van der Waals surface area contributed by atoms with E-state index in [-0.39, 0.29) is 6.42 Å². The number of nitrogens with one attached hydrogen (secondary N) is 1. The summed E-state index contributed by atoms with van der Waals surface area (Å²) in [6, 6.07) is 1.71. The number of methoxy groups -OCH3 is 1. The summed E-state index contributed by atoms with van der Waals surface area (Å²) in [7, 11) is 1.55. The monoisotopic (exact) mass is 206 g/mol. The van der Waals surface area contributed by atoms with E-state index in [2.05, 4.69) is 9.97 Å². The van der Waals surface area contributed by atoms with Crippen molar-refractivity contribution in [3.8, 4) is 5.75 Å². The number of rotatable bonds is 3. The first kappa shape index (κ1) is 9.51. The number of carboxylic acids is 1. The Kier molecular flexibility index (Phi) is 2.29. The van der Waals surface area contributed by atoms with Gasteiger partial charge in [0.15, 0.2) is 0 Å². The van der Waals surface area contributed by atoms with E-state index < -0.39 is 5.97 Å². The van der Waals surface area contributed by atoms with Crippen LogP contribution in [0.15, 0.2) is 18.5 Å². The second-order valence-corrected chi connectivity index (χ2v) is 3.12. The first-order valence-electron chi connectivity index (χ1n) is 4.43. The molecule has 78 valence electrons. The van der Waals surface area contributed by atoms with E-state index in [0.29, 0.717) is 17.0 Å². The van der Waals surface area contributed by atoms with Crippen molar-refractivity contribution in [1.29, 1.82) is 0 Å². The zero-order valence-corrected chi connectivity index (χ0v) is 8.15. The first-order chi connectivity index (χ1) is 7.22. The molecule has 5 heteroatoms. The van der Waals surface area contributed by atoms with Crippen molar-refractivity contribution in [2.45, 2.75) is 6.42 Å². The van der Waals surface area contributed by atoms with Crippen molar-refractivity contribution in [2.75, 3.05) is 7.11 Å². The molecule has 15 heavy (non-hydrogen) atoms. The van der Waals surface area contributed by atoms with Crippen LogP contribution in [0.3, 0.4) is 0 Å². The van der Waals surface area contributed by atoms with Crippen molar-refractivity contribution >= 4 is 17.0 Å². The Morgan fingerprint density at radius 1 is 1.67 bits per heavy atom. The number of carboxylic acid groups (broad SMARTS) is 1. The molecule has 0 saturated heterocycles. The highest BCUT2D eigenvalue weighted by molar-refractivity contribution is 5.89. The first-order valence-corrected chi connectivity index (χ1v) is 4.43. The Labute approximate surface area is 85.7 Å². The van der Waals surface area contributed by atoms with Crippen LogP contribution in [0, 0.1) is 0 Å².